The molecule has 7 heteroatoms. The Balaban J connectivity index is 2.04. The molecule has 0 aliphatic carbocycles. The average molecular weight is 310 g/mol. The average Bonchev–Trinajstić information content (AvgIpc) is 2.85. The topological polar surface area (TPSA) is 78.9 Å². The van der Waals surface area contributed by atoms with E-state index in [-0.39, 0.29) is 31.4 Å². The van der Waals surface area contributed by atoms with Crippen molar-refractivity contribution in [3.8, 4) is 0 Å². The van der Waals surface area contributed by atoms with Gasteiger partial charge in [-0.3, -0.25) is 0 Å². The number of amides is 2. The first-order valence-electron chi connectivity index (χ1n) is 6.93. The number of carbonyl (C=O) groups is 2. The van der Waals surface area contributed by atoms with Crippen LogP contribution in [0.3, 0.4) is 0 Å². The number of rotatable bonds is 4. The molecule has 2 unspecified atom stereocenters. The summed E-state index contributed by atoms with van der Waals surface area (Å²) in [5, 5.41) is 12.1. The Morgan fingerprint density at radius 2 is 2.09 bits per heavy atom. The van der Waals surface area contributed by atoms with Crippen molar-refractivity contribution in [3.63, 3.8) is 0 Å². The van der Waals surface area contributed by atoms with E-state index in [9.17, 15) is 19.1 Å². The number of carboxylic acids is 1. The number of halogens is 1. The molecule has 2 rings (SSSR count). The van der Waals surface area contributed by atoms with Crippen molar-refractivity contribution < 1.29 is 23.8 Å². The smallest absolute Gasteiger partial charge is 0.329 e. The van der Waals surface area contributed by atoms with Crippen LogP contribution in [-0.2, 0) is 16.1 Å². The molecule has 22 heavy (non-hydrogen) atoms. The van der Waals surface area contributed by atoms with Crippen LogP contribution in [0.2, 0.25) is 0 Å². The number of benzene rings is 1. The molecule has 1 aromatic rings. The Labute approximate surface area is 127 Å². The van der Waals surface area contributed by atoms with Crippen LogP contribution in [0, 0.1) is 5.82 Å². The summed E-state index contributed by atoms with van der Waals surface area (Å²) in [6, 6.07) is 5.26. The number of nitrogens with zero attached hydrogens (tertiary/aromatic N) is 1. The molecule has 2 atom stereocenters. The lowest BCUT2D eigenvalue weighted by atomic mass is 9.98. The molecule has 1 aromatic carbocycles. The normalized spacial score (nSPS) is 24.3. The van der Waals surface area contributed by atoms with Gasteiger partial charge in [-0.1, -0.05) is 12.1 Å². The van der Waals surface area contributed by atoms with Gasteiger partial charge in [0, 0.05) is 26.6 Å². The molecule has 1 aliphatic rings. The minimum atomic E-state index is -1.30. The van der Waals surface area contributed by atoms with Gasteiger partial charge in [0.05, 0.1) is 6.10 Å². The molecule has 1 heterocycles. The van der Waals surface area contributed by atoms with Crippen molar-refractivity contribution in [2.75, 3.05) is 13.7 Å². The van der Waals surface area contributed by atoms with E-state index in [1.807, 2.05) is 0 Å². The number of methoxy groups -OCH3 is 1. The zero-order valence-electron chi connectivity index (χ0n) is 12.5. The van der Waals surface area contributed by atoms with Gasteiger partial charge >= 0.3 is 12.0 Å². The van der Waals surface area contributed by atoms with Crippen LogP contribution >= 0.6 is 0 Å². The van der Waals surface area contributed by atoms with Gasteiger partial charge < -0.3 is 20.1 Å². The minimum Gasteiger partial charge on any atom is -0.480 e. The number of nitrogens with one attached hydrogen (secondary N) is 1. The van der Waals surface area contributed by atoms with Gasteiger partial charge in [-0.05, 0) is 24.6 Å². The van der Waals surface area contributed by atoms with Crippen molar-refractivity contribution in [1.82, 2.24) is 10.2 Å². The van der Waals surface area contributed by atoms with Crippen LogP contribution in [0.15, 0.2) is 24.3 Å². The second-order valence-electron chi connectivity index (χ2n) is 5.54. The largest absolute Gasteiger partial charge is 0.480 e. The summed E-state index contributed by atoms with van der Waals surface area (Å²) in [4.78, 5) is 25.1. The fourth-order valence-electron chi connectivity index (χ4n) is 2.57. The van der Waals surface area contributed by atoms with Gasteiger partial charge in [-0.15, -0.1) is 0 Å². The molecule has 1 aliphatic heterocycles. The Kier molecular flexibility index (Phi) is 4.65. The van der Waals surface area contributed by atoms with E-state index >= 15 is 0 Å². The number of carbonyl (C=O) groups excluding carboxylic acids is 1. The van der Waals surface area contributed by atoms with Gasteiger partial charge in [0.15, 0.2) is 0 Å². The highest BCUT2D eigenvalue weighted by Crippen LogP contribution is 2.31. The summed E-state index contributed by atoms with van der Waals surface area (Å²) >= 11 is 0. The summed E-state index contributed by atoms with van der Waals surface area (Å²) < 4.78 is 18.0. The van der Waals surface area contributed by atoms with Crippen molar-refractivity contribution in [3.05, 3.63) is 35.6 Å². The molecule has 1 saturated heterocycles. The third-order valence-electron chi connectivity index (χ3n) is 4.00. The van der Waals surface area contributed by atoms with Gasteiger partial charge in [0.1, 0.15) is 11.4 Å². The van der Waals surface area contributed by atoms with E-state index in [4.69, 9.17) is 4.74 Å². The number of ether oxygens (including phenoxy) is 1. The minimum absolute atomic E-state index is 0.197. The predicted octanol–water partition coefficient (Wildman–Crippen LogP) is 1.60. The molecule has 1 fully saturated rings. The SMILES string of the molecule is COC1CN(C(=O)NCc2ccc(F)cc2)C(C)(C(=O)O)C1. The molecule has 0 aromatic heterocycles. The Morgan fingerprint density at radius 3 is 2.64 bits per heavy atom. The number of hydrogen-bond donors (Lipinski definition) is 2. The zero-order chi connectivity index (χ0) is 16.3. The molecule has 0 spiro atoms. The maximum atomic E-state index is 12.8. The van der Waals surface area contributed by atoms with Crippen LogP contribution in [0.4, 0.5) is 9.18 Å². The molecular formula is C15H19FN2O4. The molecule has 0 radical (unpaired) electrons. The lowest BCUT2D eigenvalue weighted by molar-refractivity contribution is -0.147. The quantitative estimate of drug-likeness (QED) is 0.885. The zero-order valence-corrected chi connectivity index (χ0v) is 12.5. The fraction of sp³-hybridized carbons (Fsp3) is 0.467. The van der Waals surface area contributed by atoms with E-state index < -0.39 is 17.5 Å². The maximum Gasteiger partial charge on any atom is 0.329 e. The van der Waals surface area contributed by atoms with E-state index in [1.54, 1.807) is 12.1 Å². The Morgan fingerprint density at radius 1 is 1.45 bits per heavy atom. The molecular weight excluding hydrogens is 291 g/mol. The Hall–Kier alpha value is -2.15. The van der Waals surface area contributed by atoms with Gasteiger partial charge in [-0.25, -0.2) is 14.0 Å². The first-order valence-corrected chi connectivity index (χ1v) is 6.93. The first-order chi connectivity index (χ1) is 10.4. The summed E-state index contributed by atoms with van der Waals surface area (Å²) in [5.41, 5.74) is -0.567. The molecule has 0 saturated carbocycles. The number of aliphatic carboxylic acids is 1. The Bertz CT molecular complexity index is 563. The third-order valence-corrected chi connectivity index (χ3v) is 4.00. The highest BCUT2D eigenvalue weighted by Gasteiger charge is 2.50. The van der Waals surface area contributed by atoms with Crippen LogP contribution in [0.25, 0.3) is 0 Å². The molecule has 2 amide bonds. The third kappa shape index (κ3) is 3.19. The summed E-state index contributed by atoms with van der Waals surface area (Å²) in [6.45, 7) is 1.92. The monoisotopic (exact) mass is 310 g/mol. The maximum absolute atomic E-state index is 12.8. The standard InChI is InChI=1S/C15H19FN2O4/c1-15(13(19)20)7-12(22-2)9-18(15)14(21)17-8-10-3-5-11(16)6-4-10/h3-6,12H,7-9H2,1-2H3,(H,17,21)(H,19,20). The van der Waals surface area contributed by atoms with Crippen molar-refractivity contribution in [1.29, 1.82) is 0 Å². The first kappa shape index (κ1) is 16.2. The van der Waals surface area contributed by atoms with E-state index in [1.165, 1.54) is 31.1 Å². The molecule has 0 bridgehead atoms. The summed E-state index contributed by atoms with van der Waals surface area (Å²) in [7, 11) is 1.49. The van der Waals surface area contributed by atoms with E-state index in [0.29, 0.717) is 0 Å². The molecule has 120 valence electrons. The summed E-state index contributed by atoms with van der Waals surface area (Å²) in [6.07, 6.45) is -0.0688. The van der Waals surface area contributed by atoms with Gasteiger partial charge in [-0.2, -0.15) is 0 Å². The fourth-order valence-corrected chi connectivity index (χ4v) is 2.57. The van der Waals surface area contributed by atoms with Gasteiger partial charge in [0.2, 0.25) is 0 Å². The van der Waals surface area contributed by atoms with Crippen LogP contribution < -0.4 is 5.32 Å². The molecule has 2 N–H and O–H groups in total. The van der Waals surface area contributed by atoms with Gasteiger partial charge in [0.25, 0.3) is 0 Å². The lowest BCUT2D eigenvalue weighted by Crippen LogP contribution is -2.53. The number of urea groups is 1. The van der Waals surface area contributed by atoms with Crippen LogP contribution in [0.1, 0.15) is 18.9 Å². The van der Waals surface area contributed by atoms with E-state index in [0.717, 1.165) is 5.56 Å². The van der Waals surface area contributed by atoms with Crippen molar-refractivity contribution in [2.24, 2.45) is 0 Å². The second-order valence-corrected chi connectivity index (χ2v) is 5.54. The second kappa shape index (κ2) is 6.31. The molecule has 6 nitrogen and oxygen atoms in total. The highest BCUT2D eigenvalue weighted by molar-refractivity contribution is 5.86. The van der Waals surface area contributed by atoms with Crippen LogP contribution in [0.5, 0.6) is 0 Å². The van der Waals surface area contributed by atoms with E-state index in [2.05, 4.69) is 5.32 Å². The van der Waals surface area contributed by atoms with Crippen molar-refractivity contribution >= 4 is 12.0 Å². The number of likely N-dealkylation sites (tertiary alicyclic amines) is 1. The summed E-state index contributed by atoms with van der Waals surface area (Å²) in [5.74, 6) is -1.42. The van der Waals surface area contributed by atoms with Crippen LogP contribution in [-0.4, -0.2) is 47.3 Å². The predicted molar refractivity (Wildman–Crippen MR) is 76.8 cm³/mol. The number of carboxylic acid groups (broad SMARTS) is 1. The lowest BCUT2D eigenvalue weighted by Gasteiger charge is -2.30. The highest BCUT2D eigenvalue weighted by atomic mass is 19.1. The number of hydrogen-bond acceptors (Lipinski definition) is 3. The van der Waals surface area contributed by atoms with Crippen molar-refractivity contribution in [2.45, 2.75) is 31.5 Å².